The predicted molar refractivity (Wildman–Crippen MR) is 111 cm³/mol. The number of anilines is 2. The van der Waals surface area contributed by atoms with Crippen molar-refractivity contribution in [1.29, 1.82) is 0 Å². The van der Waals surface area contributed by atoms with E-state index in [9.17, 15) is 9.59 Å². The summed E-state index contributed by atoms with van der Waals surface area (Å²) in [7, 11) is 0. The Bertz CT molecular complexity index is 1070. The third-order valence-corrected chi connectivity index (χ3v) is 5.14. The first kappa shape index (κ1) is 18.3. The number of ether oxygens (including phenoxy) is 1. The summed E-state index contributed by atoms with van der Waals surface area (Å²) in [5.74, 6) is 0.272. The van der Waals surface area contributed by atoms with E-state index < -0.39 is 0 Å². The molecule has 4 rings (SSSR count). The van der Waals surface area contributed by atoms with E-state index in [0.717, 1.165) is 10.8 Å². The van der Waals surface area contributed by atoms with Crippen molar-refractivity contribution in [2.75, 3.05) is 16.8 Å². The fourth-order valence-corrected chi connectivity index (χ4v) is 3.77. The molecule has 28 heavy (non-hydrogen) atoms. The standard InChI is InChI=1S/C22H19ClN2O3/c1-14-12-21(26)24-18-8-4-5-9-19(18)25(14)22(27)13-28-20-11-10-17(23)15-6-2-3-7-16(15)20/h2-11,14H,12-13H2,1H3,(H,24,26)/t14-/m0/s1. The van der Waals surface area contributed by atoms with Crippen LogP contribution in [0.5, 0.6) is 5.75 Å². The molecule has 142 valence electrons. The van der Waals surface area contributed by atoms with Gasteiger partial charge in [0.2, 0.25) is 5.91 Å². The Labute approximate surface area is 167 Å². The fraction of sp³-hybridized carbons (Fsp3) is 0.182. The zero-order chi connectivity index (χ0) is 19.7. The van der Waals surface area contributed by atoms with E-state index in [1.807, 2.05) is 49.4 Å². The number of rotatable bonds is 3. The predicted octanol–water partition coefficient (Wildman–Crippen LogP) is 4.64. The van der Waals surface area contributed by atoms with Crippen molar-refractivity contribution in [2.45, 2.75) is 19.4 Å². The van der Waals surface area contributed by atoms with Gasteiger partial charge in [0.15, 0.2) is 6.61 Å². The molecule has 1 heterocycles. The lowest BCUT2D eigenvalue weighted by Crippen LogP contribution is -2.41. The van der Waals surface area contributed by atoms with Gasteiger partial charge in [-0.1, -0.05) is 48.0 Å². The van der Waals surface area contributed by atoms with Crippen LogP contribution in [0.1, 0.15) is 13.3 Å². The first-order chi connectivity index (χ1) is 13.5. The molecule has 0 bridgehead atoms. The highest BCUT2D eigenvalue weighted by Gasteiger charge is 2.29. The first-order valence-corrected chi connectivity index (χ1v) is 9.43. The number of carbonyl (C=O) groups is 2. The molecule has 0 aromatic heterocycles. The summed E-state index contributed by atoms with van der Waals surface area (Å²) in [6.07, 6.45) is 0.226. The second-order valence-corrected chi connectivity index (χ2v) is 7.17. The van der Waals surface area contributed by atoms with E-state index in [2.05, 4.69) is 5.32 Å². The number of halogens is 1. The number of nitrogens with zero attached hydrogens (tertiary/aromatic N) is 1. The number of hydrogen-bond acceptors (Lipinski definition) is 3. The molecular weight excluding hydrogens is 376 g/mol. The van der Waals surface area contributed by atoms with E-state index in [-0.39, 0.29) is 30.9 Å². The number of hydrogen-bond donors (Lipinski definition) is 1. The van der Waals surface area contributed by atoms with Crippen molar-refractivity contribution >= 4 is 45.6 Å². The van der Waals surface area contributed by atoms with Crippen LogP contribution in [-0.2, 0) is 9.59 Å². The minimum atomic E-state index is -0.276. The van der Waals surface area contributed by atoms with Gasteiger partial charge in [0.05, 0.1) is 11.4 Å². The zero-order valence-corrected chi connectivity index (χ0v) is 16.1. The Balaban J connectivity index is 1.61. The van der Waals surface area contributed by atoms with Crippen LogP contribution in [0.3, 0.4) is 0 Å². The van der Waals surface area contributed by atoms with Crippen LogP contribution in [-0.4, -0.2) is 24.5 Å². The number of fused-ring (bicyclic) bond motifs is 2. The van der Waals surface area contributed by atoms with Crippen molar-refractivity contribution < 1.29 is 14.3 Å². The molecule has 0 spiro atoms. The lowest BCUT2D eigenvalue weighted by Gasteiger charge is -2.27. The van der Waals surface area contributed by atoms with Gasteiger partial charge in [-0.3, -0.25) is 9.59 Å². The number of amides is 2. The molecule has 1 aliphatic rings. The molecule has 0 fully saturated rings. The van der Waals surface area contributed by atoms with Gasteiger partial charge in [0.25, 0.3) is 5.91 Å². The molecule has 3 aromatic carbocycles. The molecule has 0 saturated heterocycles. The fourth-order valence-electron chi connectivity index (χ4n) is 3.54. The van der Waals surface area contributed by atoms with Crippen molar-refractivity contribution in [1.82, 2.24) is 0 Å². The summed E-state index contributed by atoms with van der Waals surface area (Å²) in [6, 6.07) is 18.2. The molecule has 5 nitrogen and oxygen atoms in total. The number of benzene rings is 3. The Morgan fingerprint density at radius 1 is 1.11 bits per heavy atom. The molecule has 3 aromatic rings. The Morgan fingerprint density at radius 3 is 2.64 bits per heavy atom. The van der Waals surface area contributed by atoms with Crippen molar-refractivity contribution in [2.24, 2.45) is 0 Å². The summed E-state index contributed by atoms with van der Waals surface area (Å²) < 4.78 is 5.87. The third kappa shape index (κ3) is 3.41. The Morgan fingerprint density at radius 2 is 1.82 bits per heavy atom. The zero-order valence-electron chi connectivity index (χ0n) is 15.3. The summed E-state index contributed by atoms with van der Waals surface area (Å²) in [5, 5.41) is 5.21. The molecule has 0 radical (unpaired) electrons. The Kier molecular flexibility index (Phi) is 4.92. The topological polar surface area (TPSA) is 58.6 Å². The molecular formula is C22H19ClN2O3. The second-order valence-electron chi connectivity index (χ2n) is 6.76. The lowest BCUT2D eigenvalue weighted by molar-refractivity contribution is -0.121. The third-order valence-electron chi connectivity index (χ3n) is 4.81. The van der Waals surface area contributed by atoms with E-state index >= 15 is 0 Å². The van der Waals surface area contributed by atoms with E-state index in [1.165, 1.54) is 0 Å². The van der Waals surface area contributed by atoms with Crippen LogP contribution in [0.15, 0.2) is 60.7 Å². The summed E-state index contributed by atoms with van der Waals surface area (Å²) in [6.45, 7) is 1.72. The monoisotopic (exact) mass is 394 g/mol. The van der Waals surface area contributed by atoms with E-state index in [1.54, 1.807) is 23.1 Å². The maximum Gasteiger partial charge on any atom is 0.265 e. The van der Waals surface area contributed by atoms with Crippen LogP contribution in [0.2, 0.25) is 5.02 Å². The Hall–Kier alpha value is -3.05. The minimum Gasteiger partial charge on any atom is -0.483 e. The normalized spacial score (nSPS) is 16.3. The van der Waals surface area contributed by atoms with Crippen molar-refractivity contribution in [3.63, 3.8) is 0 Å². The average Bonchev–Trinajstić information content (AvgIpc) is 2.81. The number of nitrogens with one attached hydrogen (secondary N) is 1. The number of carbonyl (C=O) groups excluding carboxylic acids is 2. The van der Waals surface area contributed by atoms with Crippen molar-refractivity contribution in [3.8, 4) is 5.75 Å². The highest BCUT2D eigenvalue weighted by molar-refractivity contribution is 6.35. The molecule has 0 saturated carbocycles. The molecule has 1 N–H and O–H groups in total. The average molecular weight is 395 g/mol. The van der Waals surface area contributed by atoms with Crippen LogP contribution in [0, 0.1) is 0 Å². The molecule has 0 aliphatic carbocycles. The van der Waals surface area contributed by atoms with Gasteiger partial charge in [0, 0.05) is 28.3 Å². The maximum atomic E-state index is 13.0. The molecule has 6 heteroatoms. The summed E-state index contributed by atoms with van der Waals surface area (Å²) in [4.78, 5) is 26.8. The first-order valence-electron chi connectivity index (χ1n) is 9.05. The lowest BCUT2D eigenvalue weighted by atomic mass is 10.1. The van der Waals surface area contributed by atoms with Crippen LogP contribution in [0.4, 0.5) is 11.4 Å². The van der Waals surface area contributed by atoms with Gasteiger partial charge in [0.1, 0.15) is 5.75 Å². The van der Waals surface area contributed by atoms with Gasteiger partial charge in [-0.15, -0.1) is 0 Å². The van der Waals surface area contributed by atoms with E-state index in [4.69, 9.17) is 16.3 Å². The SMILES string of the molecule is C[C@H]1CC(=O)Nc2ccccc2N1C(=O)COc1ccc(Cl)c2ccccc12. The highest BCUT2D eigenvalue weighted by Crippen LogP contribution is 2.33. The van der Waals surface area contributed by atoms with Gasteiger partial charge < -0.3 is 15.0 Å². The minimum absolute atomic E-state index is 0.111. The largest absolute Gasteiger partial charge is 0.483 e. The van der Waals surface area contributed by atoms with Crippen LogP contribution >= 0.6 is 11.6 Å². The van der Waals surface area contributed by atoms with E-state index in [0.29, 0.717) is 22.1 Å². The molecule has 1 atom stereocenters. The van der Waals surface area contributed by atoms with Crippen LogP contribution < -0.4 is 15.0 Å². The second kappa shape index (κ2) is 7.52. The smallest absolute Gasteiger partial charge is 0.265 e. The maximum absolute atomic E-state index is 13.0. The quantitative estimate of drug-likeness (QED) is 0.704. The number of para-hydroxylation sites is 2. The molecule has 2 amide bonds. The summed E-state index contributed by atoms with van der Waals surface area (Å²) in [5.41, 5.74) is 1.30. The summed E-state index contributed by atoms with van der Waals surface area (Å²) >= 11 is 6.25. The van der Waals surface area contributed by atoms with Crippen molar-refractivity contribution in [3.05, 3.63) is 65.7 Å². The van der Waals surface area contributed by atoms with Crippen LogP contribution in [0.25, 0.3) is 10.8 Å². The van der Waals surface area contributed by atoms with Gasteiger partial charge in [-0.25, -0.2) is 0 Å². The van der Waals surface area contributed by atoms with Gasteiger partial charge in [-0.2, -0.15) is 0 Å². The molecule has 0 unspecified atom stereocenters. The highest BCUT2D eigenvalue weighted by atomic mass is 35.5. The molecule has 1 aliphatic heterocycles. The van der Waals surface area contributed by atoms with Gasteiger partial charge >= 0.3 is 0 Å². The van der Waals surface area contributed by atoms with Gasteiger partial charge in [-0.05, 0) is 31.2 Å².